The molecule has 0 aliphatic heterocycles. The summed E-state index contributed by atoms with van der Waals surface area (Å²) in [5.74, 6) is 1.35. The van der Waals surface area contributed by atoms with Crippen LogP contribution in [0.3, 0.4) is 0 Å². The molecule has 0 amide bonds. The second-order valence-electron chi connectivity index (χ2n) is 4.78. The van der Waals surface area contributed by atoms with Gasteiger partial charge in [0.05, 0.1) is 0 Å². The fourth-order valence-corrected chi connectivity index (χ4v) is 3.91. The quantitative estimate of drug-likeness (QED) is 0.627. The molecule has 0 radical (unpaired) electrons. The van der Waals surface area contributed by atoms with Crippen molar-refractivity contribution in [1.82, 2.24) is 14.8 Å². The minimum atomic E-state index is -0.170. The third kappa shape index (κ3) is 3.39. The van der Waals surface area contributed by atoms with Crippen molar-refractivity contribution in [3.05, 3.63) is 63.9 Å². The summed E-state index contributed by atoms with van der Waals surface area (Å²) in [7, 11) is 0. The van der Waals surface area contributed by atoms with Crippen molar-refractivity contribution in [2.24, 2.45) is 0 Å². The van der Waals surface area contributed by atoms with Gasteiger partial charge in [-0.2, -0.15) is 0 Å². The van der Waals surface area contributed by atoms with E-state index in [1.165, 1.54) is 22.7 Å². The van der Waals surface area contributed by atoms with Gasteiger partial charge in [0, 0.05) is 23.6 Å². The lowest BCUT2D eigenvalue weighted by atomic mass is 10.2. The van der Waals surface area contributed by atoms with E-state index in [9.17, 15) is 4.39 Å². The molecule has 114 valence electrons. The minimum Gasteiger partial charge on any atom is -0.306 e. The summed E-state index contributed by atoms with van der Waals surface area (Å²) < 4.78 is 15.8. The first kappa shape index (κ1) is 15.2. The van der Waals surface area contributed by atoms with Gasteiger partial charge in [0.1, 0.15) is 11.6 Å². The van der Waals surface area contributed by atoms with Crippen LogP contribution in [0, 0.1) is 5.82 Å². The zero-order valence-corrected chi connectivity index (χ0v) is 13.8. The molecule has 0 aliphatic carbocycles. The van der Waals surface area contributed by atoms with E-state index in [-0.39, 0.29) is 5.82 Å². The number of thiophene rings is 1. The number of nitrogens with zero attached hydrogens (tertiary/aromatic N) is 3. The maximum atomic E-state index is 13.7. The lowest BCUT2D eigenvalue weighted by Gasteiger charge is -2.07. The summed E-state index contributed by atoms with van der Waals surface area (Å²) in [6.07, 6.45) is 0.790. The van der Waals surface area contributed by atoms with Crippen LogP contribution in [0.15, 0.2) is 46.9 Å². The maximum Gasteiger partial charge on any atom is 0.191 e. The third-order valence-electron chi connectivity index (χ3n) is 3.34. The number of benzene rings is 1. The van der Waals surface area contributed by atoms with E-state index in [4.69, 9.17) is 0 Å². The van der Waals surface area contributed by atoms with E-state index in [1.807, 2.05) is 18.2 Å². The molecule has 3 rings (SSSR count). The first-order valence-electron chi connectivity index (χ1n) is 7.08. The van der Waals surface area contributed by atoms with Crippen molar-refractivity contribution in [3.8, 4) is 0 Å². The molecule has 0 spiro atoms. The average Bonchev–Trinajstić information content (AvgIpc) is 3.16. The Balaban J connectivity index is 1.74. The lowest BCUT2D eigenvalue weighted by molar-refractivity contribution is 0.616. The topological polar surface area (TPSA) is 30.7 Å². The zero-order valence-electron chi connectivity index (χ0n) is 12.2. The van der Waals surface area contributed by atoms with Gasteiger partial charge in [-0.15, -0.1) is 21.5 Å². The summed E-state index contributed by atoms with van der Waals surface area (Å²) >= 11 is 3.25. The molecule has 0 aliphatic rings. The molecular weight excluding hydrogens is 317 g/mol. The molecule has 0 unspecified atom stereocenters. The van der Waals surface area contributed by atoms with Crippen LogP contribution in [0.2, 0.25) is 0 Å². The van der Waals surface area contributed by atoms with Crippen molar-refractivity contribution in [3.63, 3.8) is 0 Å². The van der Waals surface area contributed by atoms with Crippen LogP contribution in [0.25, 0.3) is 0 Å². The van der Waals surface area contributed by atoms with E-state index in [0.29, 0.717) is 11.3 Å². The highest BCUT2D eigenvalue weighted by atomic mass is 32.2. The van der Waals surface area contributed by atoms with Crippen molar-refractivity contribution >= 4 is 23.1 Å². The third-order valence-corrected chi connectivity index (χ3v) is 5.23. The Morgan fingerprint density at radius 3 is 2.77 bits per heavy atom. The second-order valence-corrected chi connectivity index (χ2v) is 6.75. The summed E-state index contributed by atoms with van der Waals surface area (Å²) in [5.41, 5.74) is 0.693. The lowest BCUT2D eigenvalue weighted by Crippen LogP contribution is -2.03. The molecule has 0 N–H and O–H groups in total. The summed E-state index contributed by atoms with van der Waals surface area (Å²) in [6.45, 7) is 2.89. The van der Waals surface area contributed by atoms with Crippen molar-refractivity contribution < 1.29 is 4.39 Å². The van der Waals surface area contributed by atoms with Gasteiger partial charge in [-0.05, 0) is 30.0 Å². The van der Waals surface area contributed by atoms with Crippen LogP contribution in [0.5, 0.6) is 0 Å². The first-order valence-corrected chi connectivity index (χ1v) is 8.95. The van der Waals surface area contributed by atoms with Gasteiger partial charge in [0.25, 0.3) is 0 Å². The van der Waals surface area contributed by atoms with Crippen LogP contribution in [-0.2, 0) is 18.7 Å². The monoisotopic (exact) mass is 333 g/mol. The highest BCUT2D eigenvalue weighted by molar-refractivity contribution is 7.98. The maximum absolute atomic E-state index is 13.7. The van der Waals surface area contributed by atoms with Crippen LogP contribution in [-0.4, -0.2) is 14.8 Å². The van der Waals surface area contributed by atoms with E-state index in [2.05, 4.69) is 33.1 Å². The molecule has 6 heteroatoms. The molecule has 0 saturated carbocycles. The largest absolute Gasteiger partial charge is 0.306 e. The van der Waals surface area contributed by atoms with Crippen LogP contribution < -0.4 is 0 Å². The molecule has 0 saturated heterocycles. The molecule has 0 fully saturated rings. The van der Waals surface area contributed by atoms with Gasteiger partial charge < -0.3 is 4.57 Å². The molecule has 3 nitrogen and oxygen atoms in total. The molecule has 0 bridgehead atoms. The SMILES string of the molecule is CCn1c(Cc2cccs2)nnc1SCc1ccccc1F. The number of rotatable bonds is 6. The predicted molar refractivity (Wildman–Crippen MR) is 88.8 cm³/mol. The Hall–Kier alpha value is -1.66. The molecule has 0 atom stereocenters. The van der Waals surface area contributed by atoms with Gasteiger partial charge in [-0.25, -0.2) is 4.39 Å². The first-order chi connectivity index (χ1) is 10.8. The van der Waals surface area contributed by atoms with Gasteiger partial charge >= 0.3 is 0 Å². The van der Waals surface area contributed by atoms with E-state index < -0.39 is 0 Å². The van der Waals surface area contributed by atoms with E-state index in [1.54, 1.807) is 17.4 Å². The Kier molecular flexibility index (Phi) is 4.90. The minimum absolute atomic E-state index is 0.170. The standard InChI is InChI=1S/C16H16FN3S2/c1-2-20-15(10-13-7-5-9-21-13)18-19-16(20)22-11-12-6-3-4-8-14(12)17/h3-9H,2,10-11H2,1H3. The molecule has 3 aromatic rings. The Labute approximate surface area is 137 Å². The van der Waals surface area contributed by atoms with Gasteiger partial charge in [-0.1, -0.05) is 36.0 Å². The molecule has 2 heterocycles. The van der Waals surface area contributed by atoms with E-state index >= 15 is 0 Å². The fraction of sp³-hybridized carbons (Fsp3) is 0.250. The number of hydrogen-bond donors (Lipinski definition) is 0. The summed E-state index contributed by atoms with van der Waals surface area (Å²) in [4.78, 5) is 1.27. The normalized spacial score (nSPS) is 11.0. The highest BCUT2D eigenvalue weighted by Gasteiger charge is 2.13. The predicted octanol–water partition coefficient (Wildman–Crippen LogP) is 4.38. The summed E-state index contributed by atoms with van der Waals surface area (Å²) in [6, 6.07) is 11.0. The molecule has 22 heavy (non-hydrogen) atoms. The van der Waals surface area contributed by atoms with Gasteiger partial charge in [0.15, 0.2) is 5.16 Å². The number of aromatic nitrogens is 3. The van der Waals surface area contributed by atoms with Gasteiger partial charge in [0.2, 0.25) is 0 Å². The van der Waals surface area contributed by atoms with Crippen molar-refractivity contribution in [2.75, 3.05) is 0 Å². The zero-order chi connectivity index (χ0) is 15.4. The molecular formula is C16H16FN3S2. The Bertz CT molecular complexity index is 738. The second kappa shape index (κ2) is 7.07. The average molecular weight is 333 g/mol. The highest BCUT2D eigenvalue weighted by Crippen LogP contribution is 2.24. The van der Waals surface area contributed by atoms with E-state index in [0.717, 1.165) is 23.9 Å². The van der Waals surface area contributed by atoms with Crippen LogP contribution in [0.4, 0.5) is 4.39 Å². The Morgan fingerprint density at radius 2 is 2.05 bits per heavy atom. The van der Waals surface area contributed by atoms with Crippen molar-refractivity contribution in [1.29, 1.82) is 0 Å². The Morgan fingerprint density at radius 1 is 1.18 bits per heavy atom. The van der Waals surface area contributed by atoms with Crippen LogP contribution in [0.1, 0.15) is 23.2 Å². The summed E-state index contributed by atoms with van der Waals surface area (Å²) in [5, 5.41) is 11.5. The number of thioether (sulfide) groups is 1. The number of halogens is 1. The molecule has 1 aromatic carbocycles. The molecule has 2 aromatic heterocycles. The fourth-order valence-electron chi connectivity index (χ4n) is 2.20. The smallest absolute Gasteiger partial charge is 0.191 e. The number of hydrogen-bond acceptors (Lipinski definition) is 4. The van der Waals surface area contributed by atoms with Crippen molar-refractivity contribution in [2.45, 2.75) is 30.8 Å². The van der Waals surface area contributed by atoms with Crippen LogP contribution >= 0.6 is 23.1 Å². The van der Waals surface area contributed by atoms with Gasteiger partial charge in [-0.3, -0.25) is 0 Å².